The first-order valence-electron chi connectivity index (χ1n) is 5.99. The summed E-state index contributed by atoms with van der Waals surface area (Å²) in [5.41, 5.74) is 7.21. The van der Waals surface area contributed by atoms with E-state index in [1.54, 1.807) is 12.1 Å². The number of hydrogen-bond donors (Lipinski definition) is 2. The smallest absolute Gasteiger partial charge is 0.337 e. The number of anilines is 2. The van der Waals surface area contributed by atoms with Crippen molar-refractivity contribution in [1.82, 2.24) is 0 Å². The van der Waals surface area contributed by atoms with E-state index in [2.05, 4.69) is 11.8 Å². The molecule has 1 aliphatic heterocycles. The van der Waals surface area contributed by atoms with E-state index in [0.29, 0.717) is 17.2 Å². The molecule has 0 aromatic heterocycles. The normalized spacial score (nSPS) is 15.7. The highest BCUT2D eigenvalue weighted by Crippen LogP contribution is 2.31. The molecule has 1 heterocycles. The van der Waals surface area contributed by atoms with Crippen molar-refractivity contribution in [3.05, 3.63) is 23.8 Å². The summed E-state index contributed by atoms with van der Waals surface area (Å²) in [4.78, 5) is 13.3. The van der Waals surface area contributed by atoms with Crippen LogP contribution in [0, 0.1) is 5.92 Å². The zero-order valence-corrected chi connectivity index (χ0v) is 10.0. The van der Waals surface area contributed by atoms with Crippen LogP contribution in [-0.4, -0.2) is 24.2 Å². The number of carboxylic acid groups (broad SMARTS) is 1. The van der Waals surface area contributed by atoms with Crippen LogP contribution in [0.5, 0.6) is 0 Å². The number of nitrogens with two attached hydrogens (primary N) is 1. The number of rotatable bonds is 4. The Balaban J connectivity index is 2.14. The van der Waals surface area contributed by atoms with Gasteiger partial charge in [0.2, 0.25) is 0 Å². The molecule has 0 radical (unpaired) electrons. The minimum Gasteiger partial charge on any atom is -0.478 e. The van der Waals surface area contributed by atoms with Gasteiger partial charge in [-0.05, 0) is 30.5 Å². The van der Waals surface area contributed by atoms with Gasteiger partial charge in [0.05, 0.1) is 11.3 Å². The maximum atomic E-state index is 11.1. The Morgan fingerprint density at radius 3 is 2.82 bits per heavy atom. The van der Waals surface area contributed by atoms with Crippen molar-refractivity contribution in [3.8, 4) is 0 Å². The van der Waals surface area contributed by atoms with Gasteiger partial charge >= 0.3 is 5.97 Å². The van der Waals surface area contributed by atoms with E-state index < -0.39 is 5.97 Å². The van der Waals surface area contributed by atoms with Crippen molar-refractivity contribution >= 4 is 17.3 Å². The van der Waals surface area contributed by atoms with Gasteiger partial charge in [-0.1, -0.05) is 13.3 Å². The summed E-state index contributed by atoms with van der Waals surface area (Å²) in [7, 11) is 0. The number of aromatic carboxylic acids is 1. The molecule has 1 fully saturated rings. The van der Waals surface area contributed by atoms with E-state index in [-0.39, 0.29) is 0 Å². The van der Waals surface area contributed by atoms with Crippen LogP contribution < -0.4 is 10.6 Å². The second kappa shape index (κ2) is 4.65. The number of carbonyl (C=O) groups is 1. The van der Waals surface area contributed by atoms with Crippen molar-refractivity contribution in [2.45, 2.75) is 19.8 Å². The molecule has 3 N–H and O–H groups in total. The van der Waals surface area contributed by atoms with Gasteiger partial charge < -0.3 is 15.7 Å². The fraction of sp³-hybridized carbons (Fsp3) is 0.462. The lowest BCUT2D eigenvalue weighted by molar-refractivity contribution is 0.0697. The average Bonchev–Trinajstić information content (AvgIpc) is 2.23. The quantitative estimate of drug-likeness (QED) is 0.784. The number of nitrogens with zero attached hydrogens (tertiary/aromatic N) is 1. The maximum Gasteiger partial charge on any atom is 0.337 e. The van der Waals surface area contributed by atoms with E-state index in [4.69, 9.17) is 10.8 Å². The van der Waals surface area contributed by atoms with Gasteiger partial charge in [0.15, 0.2) is 0 Å². The van der Waals surface area contributed by atoms with Crippen LogP contribution in [0.4, 0.5) is 11.4 Å². The minimum absolute atomic E-state index is 0.306. The molecule has 92 valence electrons. The Bertz CT molecular complexity index is 425. The first-order chi connectivity index (χ1) is 8.11. The van der Waals surface area contributed by atoms with Crippen LogP contribution in [0.25, 0.3) is 0 Å². The molecule has 1 aromatic rings. The second-order valence-electron chi connectivity index (χ2n) is 4.64. The highest BCUT2D eigenvalue weighted by Gasteiger charge is 2.28. The van der Waals surface area contributed by atoms with Gasteiger partial charge in [0.1, 0.15) is 0 Å². The molecule has 1 aliphatic rings. The average molecular weight is 234 g/mol. The van der Waals surface area contributed by atoms with Crippen LogP contribution in [0.1, 0.15) is 30.1 Å². The lowest BCUT2D eigenvalue weighted by Crippen LogP contribution is -2.47. The molecule has 0 spiro atoms. The summed E-state index contributed by atoms with van der Waals surface area (Å²) >= 11 is 0. The Morgan fingerprint density at radius 2 is 2.24 bits per heavy atom. The topological polar surface area (TPSA) is 66.6 Å². The van der Waals surface area contributed by atoms with Crippen molar-refractivity contribution in [3.63, 3.8) is 0 Å². The molecule has 0 amide bonds. The Hall–Kier alpha value is -1.71. The standard InChI is InChI=1S/C13H18N2O2/c1-2-3-9-7-15(8-9)12-5-4-10(14)6-11(12)13(16)17/h4-6,9H,2-3,7-8,14H2,1H3,(H,16,17). The molecule has 4 heteroatoms. The van der Waals surface area contributed by atoms with Gasteiger partial charge in [0, 0.05) is 18.8 Å². The fourth-order valence-corrected chi connectivity index (χ4v) is 2.36. The third-order valence-corrected chi connectivity index (χ3v) is 3.25. The van der Waals surface area contributed by atoms with Crippen molar-refractivity contribution in [2.75, 3.05) is 23.7 Å². The molecule has 4 nitrogen and oxygen atoms in total. The summed E-state index contributed by atoms with van der Waals surface area (Å²) in [5.74, 6) is -0.203. The van der Waals surface area contributed by atoms with Crippen molar-refractivity contribution in [2.24, 2.45) is 5.92 Å². The van der Waals surface area contributed by atoms with E-state index in [0.717, 1.165) is 18.8 Å². The second-order valence-corrected chi connectivity index (χ2v) is 4.64. The predicted octanol–water partition coefficient (Wildman–Crippen LogP) is 2.20. The lowest BCUT2D eigenvalue weighted by atomic mass is 9.93. The lowest BCUT2D eigenvalue weighted by Gasteiger charge is -2.41. The van der Waals surface area contributed by atoms with E-state index in [1.807, 2.05) is 0 Å². The number of benzene rings is 1. The summed E-state index contributed by atoms with van der Waals surface area (Å²) in [6.07, 6.45) is 2.40. The largest absolute Gasteiger partial charge is 0.478 e. The SMILES string of the molecule is CCCC1CN(c2ccc(N)cc2C(=O)O)C1. The summed E-state index contributed by atoms with van der Waals surface area (Å²) in [6.45, 7) is 4.09. The zero-order chi connectivity index (χ0) is 12.4. The number of nitrogen functional groups attached to an aromatic ring is 1. The van der Waals surface area contributed by atoms with Gasteiger partial charge in [0.25, 0.3) is 0 Å². The van der Waals surface area contributed by atoms with Gasteiger partial charge in [-0.2, -0.15) is 0 Å². The monoisotopic (exact) mass is 234 g/mol. The molecule has 0 unspecified atom stereocenters. The van der Waals surface area contributed by atoms with Gasteiger partial charge in [-0.15, -0.1) is 0 Å². The Labute approximate surface area is 101 Å². The van der Waals surface area contributed by atoms with Crippen molar-refractivity contribution in [1.29, 1.82) is 0 Å². The Morgan fingerprint density at radius 1 is 1.53 bits per heavy atom. The fourth-order valence-electron chi connectivity index (χ4n) is 2.36. The zero-order valence-electron chi connectivity index (χ0n) is 10.0. The maximum absolute atomic E-state index is 11.1. The third kappa shape index (κ3) is 2.35. The summed E-state index contributed by atoms with van der Waals surface area (Å²) < 4.78 is 0. The minimum atomic E-state index is -0.911. The molecule has 0 saturated carbocycles. The van der Waals surface area contributed by atoms with E-state index in [1.165, 1.54) is 18.9 Å². The molecule has 17 heavy (non-hydrogen) atoms. The van der Waals surface area contributed by atoms with Crippen molar-refractivity contribution < 1.29 is 9.90 Å². The number of hydrogen-bond acceptors (Lipinski definition) is 3. The van der Waals surface area contributed by atoms with Crippen LogP contribution in [0.2, 0.25) is 0 Å². The highest BCUT2D eigenvalue weighted by atomic mass is 16.4. The Kier molecular flexibility index (Phi) is 3.22. The first kappa shape index (κ1) is 11.8. The van der Waals surface area contributed by atoms with Gasteiger partial charge in [-0.3, -0.25) is 0 Å². The molecule has 0 aliphatic carbocycles. The third-order valence-electron chi connectivity index (χ3n) is 3.25. The predicted molar refractivity (Wildman–Crippen MR) is 68.4 cm³/mol. The number of carboxylic acids is 1. The van der Waals surface area contributed by atoms with Crippen LogP contribution >= 0.6 is 0 Å². The van der Waals surface area contributed by atoms with Gasteiger partial charge in [-0.25, -0.2) is 4.79 Å². The molecule has 1 aromatic carbocycles. The van der Waals surface area contributed by atoms with E-state index >= 15 is 0 Å². The molecule has 2 rings (SSSR count). The van der Waals surface area contributed by atoms with Crippen LogP contribution in [0.3, 0.4) is 0 Å². The molecule has 1 saturated heterocycles. The van der Waals surface area contributed by atoms with Crippen LogP contribution in [0.15, 0.2) is 18.2 Å². The molecular weight excluding hydrogens is 216 g/mol. The molecule has 0 bridgehead atoms. The summed E-state index contributed by atoms with van der Waals surface area (Å²) in [6, 6.07) is 5.10. The summed E-state index contributed by atoms with van der Waals surface area (Å²) in [5, 5.41) is 9.15. The first-order valence-corrected chi connectivity index (χ1v) is 5.99. The molecule has 0 atom stereocenters. The van der Waals surface area contributed by atoms with Crippen LogP contribution in [-0.2, 0) is 0 Å². The molecular formula is C13H18N2O2. The van der Waals surface area contributed by atoms with E-state index in [9.17, 15) is 4.79 Å². The highest BCUT2D eigenvalue weighted by molar-refractivity contribution is 5.95.